The summed E-state index contributed by atoms with van der Waals surface area (Å²) < 4.78 is 0. The Morgan fingerprint density at radius 3 is 2.35 bits per heavy atom. The molecule has 1 fully saturated rings. The zero-order valence-corrected chi connectivity index (χ0v) is 11.9. The Morgan fingerprint density at radius 2 is 1.94 bits per heavy atom. The number of nitrogens with zero attached hydrogens (tertiary/aromatic N) is 2. The summed E-state index contributed by atoms with van der Waals surface area (Å²) in [6.45, 7) is 10.9. The van der Waals surface area contributed by atoms with Gasteiger partial charge in [-0.05, 0) is 41.2 Å². The third kappa shape index (κ3) is 3.96. The molecule has 4 nitrogen and oxygen atoms in total. The minimum absolute atomic E-state index is 0.256. The van der Waals surface area contributed by atoms with Crippen molar-refractivity contribution in [3.63, 3.8) is 0 Å². The number of carbonyl (C=O) groups is 1. The lowest BCUT2D eigenvalue weighted by atomic mass is 10.2. The second-order valence-corrected chi connectivity index (χ2v) is 5.50. The molecule has 0 aromatic heterocycles. The molecule has 4 heteroatoms. The van der Waals surface area contributed by atoms with E-state index in [4.69, 9.17) is 0 Å². The van der Waals surface area contributed by atoms with Gasteiger partial charge in [0.1, 0.15) is 0 Å². The number of rotatable bonds is 5. The number of carbonyl (C=O) groups excluding carboxylic acids is 1. The molecule has 100 valence electrons. The lowest BCUT2D eigenvalue weighted by Crippen LogP contribution is -2.47. The third-order valence-electron chi connectivity index (χ3n) is 3.44. The van der Waals surface area contributed by atoms with Crippen molar-refractivity contribution in [2.24, 2.45) is 0 Å². The van der Waals surface area contributed by atoms with Gasteiger partial charge in [-0.15, -0.1) is 0 Å². The van der Waals surface area contributed by atoms with E-state index in [0.29, 0.717) is 12.6 Å². The van der Waals surface area contributed by atoms with E-state index >= 15 is 0 Å². The predicted molar refractivity (Wildman–Crippen MR) is 71.0 cm³/mol. The van der Waals surface area contributed by atoms with Crippen molar-refractivity contribution < 1.29 is 4.79 Å². The fourth-order valence-corrected chi connectivity index (χ4v) is 2.66. The van der Waals surface area contributed by atoms with E-state index in [1.165, 1.54) is 0 Å². The van der Waals surface area contributed by atoms with Crippen LogP contribution in [0.4, 0.5) is 0 Å². The van der Waals surface area contributed by atoms with Gasteiger partial charge >= 0.3 is 0 Å². The highest BCUT2D eigenvalue weighted by Gasteiger charge is 2.26. The smallest absolute Gasteiger partial charge is 0.237 e. The molecule has 1 heterocycles. The van der Waals surface area contributed by atoms with Crippen molar-refractivity contribution in [1.29, 1.82) is 0 Å². The van der Waals surface area contributed by atoms with Crippen LogP contribution < -0.4 is 5.32 Å². The van der Waals surface area contributed by atoms with Gasteiger partial charge in [0.2, 0.25) is 5.91 Å². The largest absolute Gasteiger partial charge is 0.337 e. The van der Waals surface area contributed by atoms with Crippen molar-refractivity contribution in [2.75, 3.05) is 26.7 Å². The zero-order chi connectivity index (χ0) is 13.0. The molecule has 0 spiro atoms. The molecular weight excluding hydrogens is 214 g/mol. The lowest BCUT2D eigenvalue weighted by molar-refractivity contribution is -0.135. The van der Waals surface area contributed by atoms with Gasteiger partial charge in [-0.3, -0.25) is 9.69 Å². The van der Waals surface area contributed by atoms with Crippen molar-refractivity contribution in [3.8, 4) is 0 Å². The van der Waals surface area contributed by atoms with E-state index in [0.717, 1.165) is 19.5 Å². The average Bonchev–Trinajstić information content (AvgIpc) is 2.64. The number of hydrogen-bond acceptors (Lipinski definition) is 3. The monoisotopic (exact) mass is 241 g/mol. The van der Waals surface area contributed by atoms with E-state index in [1.807, 2.05) is 11.9 Å². The molecule has 1 saturated heterocycles. The minimum atomic E-state index is 0.256. The number of amides is 1. The van der Waals surface area contributed by atoms with E-state index in [9.17, 15) is 4.79 Å². The molecule has 0 aliphatic carbocycles. The van der Waals surface area contributed by atoms with Crippen LogP contribution in [-0.4, -0.2) is 60.5 Å². The molecule has 1 amide bonds. The summed E-state index contributed by atoms with van der Waals surface area (Å²) in [7, 11) is 1.99. The van der Waals surface area contributed by atoms with Gasteiger partial charge in [0.25, 0.3) is 0 Å². The normalized spacial score (nSPS) is 21.5. The summed E-state index contributed by atoms with van der Waals surface area (Å²) in [4.78, 5) is 16.5. The Labute approximate surface area is 105 Å². The number of hydrogen-bond donors (Lipinski definition) is 1. The maximum absolute atomic E-state index is 12.2. The molecule has 0 bridgehead atoms. The highest BCUT2D eigenvalue weighted by molar-refractivity contribution is 5.78. The number of likely N-dealkylation sites (N-methyl/N-ethyl adjacent to an activating group) is 1. The SMILES string of the molecule is CNC1CCN(CC(=O)N(C(C)C)C(C)C)C1. The molecular formula is C13H27N3O. The first-order chi connectivity index (χ1) is 7.95. The highest BCUT2D eigenvalue weighted by Crippen LogP contribution is 2.11. The van der Waals surface area contributed by atoms with E-state index in [2.05, 4.69) is 37.9 Å². The fourth-order valence-electron chi connectivity index (χ4n) is 2.66. The van der Waals surface area contributed by atoms with E-state index < -0.39 is 0 Å². The quantitative estimate of drug-likeness (QED) is 0.777. The zero-order valence-electron chi connectivity index (χ0n) is 11.9. The topological polar surface area (TPSA) is 35.6 Å². The van der Waals surface area contributed by atoms with Gasteiger partial charge in [-0.1, -0.05) is 0 Å². The van der Waals surface area contributed by atoms with Crippen LogP contribution in [0.25, 0.3) is 0 Å². The summed E-state index contributed by atoms with van der Waals surface area (Å²) in [5.41, 5.74) is 0. The van der Waals surface area contributed by atoms with Crippen LogP contribution in [0.15, 0.2) is 0 Å². The van der Waals surface area contributed by atoms with Crippen LogP contribution in [0.1, 0.15) is 34.1 Å². The first kappa shape index (κ1) is 14.5. The Bertz CT molecular complexity index is 245. The fraction of sp³-hybridized carbons (Fsp3) is 0.923. The standard InChI is InChI=1S/C13H27N3O/c1-10(2)16(11(3)4)13(17)9-15-7-6-12(8-15)14-5/h10-12,14H,6-9H2,1-5H3. The minimum Gasteiger partial charge on any atom is -0.337 e. The maximum Gasteiger partial charge on any atom is 0.237 e. The van der Waals surface area contributed by atoms with Crippen LogP contribution in [0.5, 0.6) is 0 Å². The van der Waals surface area contributed by atoms with Crippen LogP contribution >= 0.6 is 0 Å². The Hall–Kier alpha value is -0.610. The molecule has 17 heavy (non-hydrogen) atoms. The van der Waals surface area contributed by atoms with Crippen LogP contribution in [-0.2, 0) is 4.79 Å². The maximum atomic E-state index is 12.2. The summed E-state index contributed by atoms with van der Waals surface area (Å²) in [6.07, 6.45) is 1.15. The Morgan fingerprint density at radius 1 is 1.35 bits per heavy atom. The second-order valence-electron chi connectivity index (χ2n) is 5.50. The summed E-state index contributed by atoms with van der Waals surface area (Å²) in [6, 6.07) is 1.12. The molecule has 1 rings (SSSR count). The first-order valence-electron chi connectivity index (χ1n) is 6.66. The van der Waals surface area contributed by atoms with E-state index in [1.54, 1.807) is 0 Å². The van der Waals surface area contributed by atoms with Crippen LogP contribution in [0, 0.1) is 0 Å². The molecule has 0 aromatic rings. The van der Waals surface area contributed by atoms with Crippen molar-refractivity contribution in [2.45, 2.75) is 52.2 Å². The Balaban J connectivity index is 2.48. The molecule has 1 N–H and O–H groups in total. The van der Waals surface area contributed by atoms with Gasteiger partial charge in [0, 0.05) is 31.2 Å². The molecule has 1 atom stereocenters. The summed E-state index contributed by atoms with van der Waals surface area (Å²) >= 11 is 0. The van der Waals surface area contributed by atoms with Crippen molar-refractivity contribution in [3.05, 3.63) is 0 Å². The van der Waals surface area contributed by atoms with Gasteiger partial charge in [-0.25, -0.2) is 0 Å². The first-order valence-corrected chi connectivity index (χ1v) is 6.66. The third-order valence-corrected chi connectivity index (χ3v) is 3.44. The molecule has 0 aromatic carbocycles. The summed E-state index contributed by atoms with van der Waals surface area (Å²) in [5.74, 6) is 0.256. The second kappa shape index (κ2) is 6.36. The lowest BCUT2D eigenvalue weighted by Gasteiger charge is -2.32. The van der Waals surface area contributed by atoms with Gasteiger partial charge in [-0.2, -0.15) is 0 Å². The van der Waals surface area contributed by atoms with Gasteiger partial charge in [0.15, 0.2) is 0 Å². The van der Waals surface area contributed by atoms with Crippen LogP contribution in [0.3, 0.4) is 0 Å². The molecule has 1 unspecified atom stereocenters. The van der Waals surface area contributed by atoms with Crippen molar-refractivity contribution in [1.82, 2.24) is 15.1 Å². The number of nitrogens with one attached hydrogen (secondary N) is 1. The van der Waals surface area contributed by atoms with Gasteiger partial charge < -0.3 is 10.2 Å². The predicted octanol–water partition coefficient (Wildman–Crippen LogP) is 0.926. The van der Waals surface area contributed by atoms with E-state index in [-0.39, 0.29) is 18.0 Å². The number of likely N-dealkylation sites (tertiary alicyclic amines) is 1. The Kier molecular flexibility index (Phi) is 5.40. The average molecular weight is 241 g/mol. The highest BCUT2D eigenvalue weighted by atomic mass is 16.2. The van der Waals surface area contributed by atoms with Crippen molar-refractivity contribution >= 4 is 5.91 Å². The molecule has 0 saturated carbocycles. The van der Waals surface area contributed by atoms with Crippen LogP contribution in [0.2, 0.25) is 0 Å². The summed E-state index contributed by atoms with van der Waals surface area (Å²) in [5, 5.41) is 3.28. The van der Waals surface area contributed by atoms with Gasteiger partial charge in [0.05, 0.1) is 6.54 Å². The molecule has 1 aliphatic heterocycles. The molecule has 1 aliphatic rings. The molecule has 0 radical (unpaired) electrons.